The zero-order valence-corrected chi connectivity index (χ0v) is 14.2. The van der Waals surface area contributed by atoms with Crippen molar-refractivity contribution in [3.05, 3.63) is 52.6 Å². The SMILES string of the molecule is CC(C)=CCCC(C)=CCNC(=O)c1ccc2ncsc2c1. The van der Waals surface area contributed by atoms with Gasteiger partial charge in [0.1, 0.15) is 0 Å². The average Bonchev–Trinajstić information content (AvgIpc) is 2.94. The van der Waals surface area contributed by atoms with Crippen molar-refractivity contribution in [2.24, 2.45) is 0 Å². The second kappa shape index (κ2) is 7.90. The van der Waals surface area contributed by atoms with Crippen LogP contribution in [0.15, 0.2) is 47.0 Å². The van der Waals surface area contributed by atoms with E-state index in [0.717, 1.165) is 23.1 Å². The Balaban J connectivity index is 1.85. The number of hydrogen-bond donors (Lipinski definition) is 1. The molecule has 0 aliphatic carbocycles. The molecule has 0 aliphatic heterocycles. The molecule has 4 heteroatoms. The molecule has 0 radical (unpaired) electrons. The number of nitrogens with one attached hydrogen (secondary N) is 1. The first kappa shape index (κ1) is 16.4. The summed E-state index contributed by atoms with van der Waals surface area (Å²) in [5, 5.41) is 2.94. The third-order valence-electron chi connectivity index (χ3n) is 3.40. The summed E-state index contributed by atoms with van der Waals surface area (Å²) in [4.78, 5) is 16.3. The van der Waals surface area contributed by atoms with Crippen molar-refractivity contribution in [2.45, 2.75) is 33.6 Å². The molecule has 22 heavy (non-hydrogen) atoms. The first-order valence-electron chi connectivity index (χ1n) is 7.46. The van der Waals surface area contributed by atoms with Gasteiger partial charge >= 0.3 is 0 Å². The Labute approximate surface area is 135 Å². The zero-order valence-electron chi connectivity index (χ0n) is 13.3. The maximum Gasteiger partial charge on any atom is 0.251 e. The van der Waals surface area contributed by atoms with Crippen molar-refractivity contribution < 1.29 is 4.79 Å². The van der Waals surface area contributed by atoms with Crippen molar-refractivity contribution in [3.63, 3.8) is 0 Å². The van der Waals surface area contributed by atoms with E-state index in [1.807, 2.05) is 18.2 Å². The van der Waals surface area contributed by atoms with Crippen LogP contribution in [-0.2, 0) is 0 Å². The molecular formula is C18H22N2OS. The Kier molecular flexibility index (Phi) is 5.90. The summed E-state index contributed by atoms with van der Waals surface area (Å²) in [5.74, 6) is -0.0383. The third-order valence-corrected chi connectivity index (χ3v) is 4.19. The van der Waals surface area contributed by atoms with Gasteiger partial charge in [-0.3, -0.25) is 4.79 Å². The van der Waals surface area contributed by atoms with Crippen molar-refractivity contribution in [1.82, 2.24) is 10.3 Å². The molecule has 2 aromatic rings. The van der Waals surface area contributed by atoms with Crippen molar-refractivity contribution >= 4 is 27.5 Å². The van der Waals surface area contributed by atoms with E-state index in [2.05, 4.69) is 43.2 Å². The van der Waals surface area contributed by atoms with Crippen LogP contribution in [0.2, 0.25) is 0 Å². The van der Waals surface area contributed by atoms with Crippen molar-refractivity contribution in [1.29, 1.82) is 0 Å². The number of rotatable bonds is 6. The van der Waals surface area contributed by atoms with Crippen LogP contribution >= 0.6 is 11.3 Å². The lowest BCUT2D eigenvalue weighted by atomic mass is 10.1. The molecule has 3 nitrogen and oxygen atoms in total. The number of thiazole rings is 1. The third kappa shape index (κ3) is 4.81. The second-order valence-electron chi connectivity index (χ2n) is 5.62. The predicted octanol–water partition coefficient (Wildman–Crippen LogP) is 4.72. The van der Waals surface area contributed by atoms with E-state index < -0.39 is 0 Å². The lowest BCUT2D eigenvalue weighted by Crippen LogP contribution is -2.23. The molecule has 1 aromatic heterocycles. The molecule has 0 bridgehead atoms. The molecule has 1 heterocycles. The van der Waals surface area contributed by atoms with Gasteiger partial charge in [0, 0.05) is 12.1 Å². The number of benzene rings is 1. The van der Waals surface area contributed by atoms with E-state index in [0.29, 0.717) is 12.1 Å². The first-order valence-corrected chi connectivity index (χ1v) is 8.34. The highest BCUT2D eigenvalue weighted by atomic mass is 32.1. The molecule has 2 rings (SSSR count). The van der Waals surface area contributed by atoms with E-state index in [1.165, 1.54) is 11.1 Å². The first-order chi connectivity index (χ1) is 10.6. The summed E-state index contributed by atoms with van der Waals surface area (Å²) in [6.45, 7) is 6.90. The number of amides is 1. The predicted molar refractivity (Wildman–Crippen MR) is 94.4 cm³/mol. The molecule has 1 N–H and O–H groups in total. The van der Waals surface area contributed by atoms with E-state index in [1.54, 1.807) is 16.8 Å². The Morgan fingerprint density at radius 1 is 1.27 bits per heavy atom. The minimum atomic E-state index is -0.0383. The number of fused-ring (bicyclic) bond motifs is 1. The number of aromatic nitrogens is 1. The summed E-state index contributed by atoms with van der Waals surface area (Å²) in [6.07, 6.45) is 6.41. The Morgan fingerprint density at radius 2 is 2.09 bits per heavy atom. The maximum atomic E-state index is 12.1. The van der Waals surface area contributed by atoms with Gasteiger partial charge in [-0.15, -0.1) is 11.3 Å². The molecule has 0 spiro atoms. The van der Waals surface area contributed by atoms with Gasteiger partial charge in [-0.25, -0.2) is 4.98 Å². The van der Waals surface area contributed by atoms with Gasteiger partial charge in [-0.05, 0) is 51.8 Å². The van der Waals surface area contributed by atoms with Gasteiger partial charge in [0.25, 0.3) is 5.91 Å². The number of carbonyl (C=O) groups excluding carboxylic acids is 1. The van der Waals surface area contributed by atoms with Gasteiger partial charge in [-0.1, -0.05) is 23.3 Å². The number of nitrogens with zero attached hydrogens (tertiary/aromatic N) is 1. The van der Waals surface area contributed by atoms with E-state index in [-0.39, 0.29) is 5.91 Å². The molecule has 116 valence electrons. The van der Waals surface area contributed by atoms with Crippen LogP contribution in [0.5, 0.6) is 0 Å². The van der Waals surface area contributed by atoms with Gasteiger partial charge in [0.15, 0.2) is 0 Å². The average molecular weight is 314 g/mol. The standard InChI is InChI=1S/C18H22N2OS/c1-13(2)5-4-6-14(3)9-10-19-18(21)15-7-8-16-17(11-15)22-12-20-16/h5,7-9,11-12H,4,6,10H2,1-3H3,(H,19,21). The highest BCUT2D eigenvalue weighted by molar-refractivity contribution is 7.16. The molecular weight excluding hydrogens is 292 g/mol. The number of hydrogen-bond acceptors (Lipinski definition) is 3. The lowest BCUT2D eigenvalue weighted by molar-refractivity contribution is 0.0958. The minimum Gasteiger partial charge on any atom is -0.349 e. The van der Waals surface area contributed by atoms with Gasteiger partial charge < -0.3 is 5.32 Å². The van der Waals surface area contributed by atoms with Crippen LogP contribution in [0.4, 0.5) is 0 Å². The number of allylic oxidation sites excluding steroid dienone is 3. The molecule has 0 atom stereocenters. The van der Waals surface area contributed by atoms with Crippen LogP contribution in [0.3, 0.4) is 0 Å². The minimum absolute atomic E-state index is 0.0383. The van der Waals surface area contributed by atoms with Crippen LogP contribution in [0.25, 0.3) is 10.2 Å². The summed E-state index contributed by atoms with van der Waals surface area (Å²) in [5.41, 5.74) is 6.07. The second-order valence-corrected chi connectivity index (χ2v) is 6.50. The van der Waals surface area contributed by atoms with E-state index >= 15 is 0 Å². The molecule has 1 amide bonds. The van der Waals surface area contributed by atoms with Crippen LogP contribution in [0.1, 0.15) is 44.0 Å². The largest absolute Gasteiger partial charge is 0.349 e. The summed E-state index contributed by atoms with van der Waals surface area (Å²) >= 11 is 1.55. The molecule has 1 aromatic carbocycles. The highest BCUT2D eigenvalue weighted by Gasteiger charge is 2.06. The molecule has 0 unspecified atom stereocenters. The molecule has 0 fully saturated rings. The van der Waals surface area contributed by atoms with Gasteiger partial charge in [-0.2, -0.15) is 0 Å². The topological polar surface area (TPSA) is 42.0 Å². The van der Waals surface area contributed by atoms with Crippen molar-refractivity contribution in [2.75, 3.05) is 6.54 Å². The summed E-state index contributed by atoms with van der Waals surface area (Å²) in [7, 11) is 0. The van der Waals surface area contributed by atoms with Crippen LogP contribution in [-0.4, -0.2) is 17.4 Å². The van der Waals surface area contributed by atoms with E-state index in [9.17, 15) is 4.79 Å². The zero-order chi connectivity index (χ0) is 15.9. The van der Waals surface area contributed by atoms with E-state index in [4.69, 9.17) is 0 Å². The Hall–Kier alpha value is -1.94. The Morgan fingerprint density at radius 3 is 2.86 bits per heavy atom. The normalized spacial score (nSPS) is 11.5. The summed E-state index contributed by atoms with van der Waals surface area (Å²) in [6, 6.07) is 5.61. The fourth-order valence-electron chi connectivity index (χ4n) is 2.11. The molecule has 0 saturated carbocycles. The highest BCUT2D eigenvalue weighted by Crippen LogP contribution is 2.18. The van der Waals surface area contributed by atoms with Gasteiger partial charge in [0.2, 0.25) is 0 Å². The molecule has 0 aliphatic rings. The quantitative estimate of drug-likeness (QED) is 0.784. The number of carbonyl (C=O) groups is 1. The Bertz CT molecular complexity index is 709. The monoisotopic (exact) mass is 314 g/mol. The van der Waals surface area contributed by atoms with Gasteiger partial charge in [0.05, 0.1) is 15.7 Å². The van der Waals surface area contributed by atoms with Crippen LogP contribution < -0.4 is 5.32 Å². The maximum absolute atomic E-state index is 12.1. The van der Waals surface area contributed by atoms with Crippen LogP contribution in [0, 0.1) is 0 Å². The lowest BCUT2D eigenvalue weighted by Gasteiger charge is -2.04. The summed E-state index contributed by atoms with van der Waals surface area (Å²) < 4.78 is 1.04. The smallest absolute Gasteiger partial charge is 0.251 e. The fourth-order valence-corrected chi connectivity index (χ4v) is 2.82. The van der Waals surface area contributed by atoms with Crippen molar-refractivity contribution in [3.8, 4) is 0 Å². The fraction of sp³-hybridized carbons (Fsp3) is 0.333. The molecule has 0 saturated heterocycles.